The first-order chi connectivity index (χ1) is 9.86. The van der Waals surface area contributed by atoms with Gasteiger partial charge < -0.3 is 5.32 Å². The monoisotopic (exact) mass is 287 g/mol. The topological polar surface area (TPSA) is 28.2 Å². The Hall–Kier alpha value is -1.10. The first-order valence-corrected chi connectivity index (χ1v) is 8.13. The Kier molecular flexibility index (Phi) is 4.55. The van der Waals surface area contributed by atoms with E-state index in [-0.39, 0.29) is 0 Å². The van der Waals surface area contributed by atoms with Crippen LogP contribution in [0.25, 0.3) is 10.8 Å². The summed E-state index contributed by atoms with van der Waals surface area (Å²) in [6, 6.07) is 9.35. The molecular weight excluding hydrogens is 266 g/mol. The van der Waals surface area contributed by atoms with Gasteiger partial charge in [0.1, 0.15) is 0 Å². The zero-order valence-electron chi connectivity index (χ0n) is 11.9. The third-order valence-corrected chi connectivity index (χ3v) is 5.01. The fraction of sp³-hybridized carbons (Fsp3) is 0.438. The largest absolute Gasteiger partial charge is 0.315 e. The van der Waals surface area contributed by atoms with Gasteiger partial charge in [0.2, 0.25) is 0 Å². The highest BCUT2D eigenvalue weighted by molar-refractivity contribution is 7.97. The van der Waals surface area contributed by atoms with Gasteiger partial charge in [-0.1, -0.05) is 13.0 Å². The summed E-state index contributed by atoms with van der Waals surface area (Å²) in [4.78, 5) is 5.49. The van der Waals surface area contributed by atoms with Crippen molar-refractivity contribution in [2.75, 3.05) is 19.6 Å². The van der Waals surface area contributed by atoms with Crippen LogP contribution in [0.5, 0.6) is 0 Å². The molecule has 0 unspecified atom stereocenters. The SMILES string of the molecule is CC[C@@H]1CNCCCN1Sc1ccc2cnccc2c1. The van der Waals surface area contributed by atoms with Crippen LogP contribution in [0.2, 0.25) is 0 Å². The van der Waals surface area contributed by atoms with Crippen molar-refractivity contribution in [3.05, 3.63) is 36.7 Å². The molecule has 1 fully saturated rings. The van der Waals surface area contributed by atoms with E-state index in [1.807, 2.05) is 24.3 Å². The number of aromatic nitrogens is 1. The first-order valence-electron chi connectivity index (χ1n) is 7.36. The van der Waals surface area contributed by atoms with Crippen LogP contribution < -0.4 is 5.32 Å². The molecule has 1 aliphatic heterocycles. The predicted molar refractivity (Wildman–Crippen MR) is 85.9 cm³/mol. The first kappa shape index (κ1) is 13.9. The Morgan fingerprint density at radius 1 is 1.35 bits per heavy atom. The molecule has 0 spiro atoms. The standard InChI is InChI=1S/C16H21N3S/c1-2-15-12-17-7-3-9-19(15)20-16-5-4-14-11-18-8-6-13(14)10-16/h4-6,8,10-11,15,17H,2-3,7,9,12H2,1H3/t15-/m1/s1. The van der Waals surface area contributed by atoms with Gasteiger partial charge in [0, 0.05) is 41.8 Å². The van der Waals surface area contributed by atoms with Crippen molar-refractivity contribution in [3.8, 4) is 0 Å². The Labute approximate surface area is 124 Å². The van der Waals surface area contributed by atoms with E-state index in [2.05, 4.69) is 45.8 Å². The fourth-order valence-electron chi connectivity index (χ4n) is 2.63. The summed E-state index contributed by atoms with van der Waals surface area (Å²) in [7, 11) is 0. The maximum absolute atomic E-state index is 4.17. The lowest BCUT2D eigenvalue weighted by atomic mass is 10.2. The molecule has 0 aliphatic carbocycles. The smallest absolute Gasteiger partial charge is 0.0346 e. The van der Waals surface area contributed by atoms with Crippen molar-refractivity contribution in [1.29, 1.82) is 0 Å². The van der Waals surface area contributed by atoms with Gasteiger partial charge in [-0.3, -0.25) is 4.98 Å². The lowest BCUT2D eigenvalue weighted by molar-refractivity contribution is 0.360. The van der Waals surface area contributed by atoms with Gasteiger partial charge >= 0.3 is 0 Å². The van der Waals surface area contributed by atoms with Gasteiger partial charge in [0.25, 0.3) is 0 Å². The van der Waals surface area contributed by atoms with Gasteiger partial charge in [0.15, 0.2) is 0 Å². The molecule has 3 nitrogen and oxygen atoms in total. The normalized spacial score (nSPS) is 20.9. The van der Waals surface area contributed by atoms with Crippen LogP contribution in [0.15, 0.2) is 41.6 Å². The van der Waals surface area contributed by atoms with Crippen LogP contribution in [0.1, 0.15) is 19.8 Å². The summed E-state index contributed by atoms with van der Waals surface area (Å²) < 4.78 is 2.54. The average molecular weight is 287 g/mol. The van der Waals surface area contributed by atoms with E-state index < -0.39 is 0 Å². The predicted octanol–water partition coefficient (Wildman–Crippen LogP) is 3.32. The van der Waals surface area contributed by atoms with E-state index in [9.17, 15) is 0 Å². The Balaban J connectivity index is 1.80. The van der Waals surface area contributed by atoms with Gasteiger partial charge in [0.05, 0.1) is 0 Å². The van der Waals surface area contributed by atoms with Gasteiger partial charge in [-0.25, -0.2) is 4.31 Å². The summed E-state index contributed by atoms with van der Waals surface area (Å²) in [5, 5.41) is 6.01. The van der Waals surface area contributed by atoms with Crippen LogP contribution in [0, 0.1) is 0 Å². The molecule has 1 aromatic carbocycles. The van der Waals surface area contributed by atoms with E-state index in [4.69, 9.17) is 0 Å². The summed E-state index contributed by atoms with van der Waals surface area (Å²) in [6.07, 6.45) is 6.20. The second-order valence-corrected chi connectivity index (χ2v) is 6.36. The highest BCUT2D eigenvalue weighted by Crippen LogP contribution is 2.29. The zero-order chi connectivity index (χ0) is 13.8. The Morgan fingerprint density at radius 2 is 2.30 bits per heavy atom. The molecule has 2 heterocycles. The Bertz CT molecular complexity index is 572. The maximum atomic E-state index is 4.17. The van der Waals surface area contributed by atoms with E-state index in [0.717, 1.165) is 19.6 Å². The number of benzene rings is 1. The Morgan fingerprint density at radius 3 is 3.20 bits per heavy atom. The number of nitrogens with one attached hydrogen (secondary N) is 1. The number of hydrogen-bond donors (Lipinski definition) is 1. The lowest BCUT2D eigenvalue weighted by Crippen LogP contribution is -2.34. The molecule has 106 valence electrons. The molecule has 4 heteroatoms. The van der Waals surface area contributed by atoms with E-state index >= 15 is 0 Å². The minimum absolute atomic E-state index is 0.621. The summed E-state index contributed by atoms with van der Waals surface area (Å²) in [5.41, 5.74) is 0. The molecule has 3 rings (SSSR count). The van der Waals surface area contributed by atoms with Crippen LogP contribution in [0.3, 0.4) is 0 Å². The molecule has 20 heavy (non-hydrogen) atoms. The van der Waals surface area contributed by atoms with Crippen molar-refractivity contribution in [2.45, 2.75) is 30.7 Å². The van der Waals surface area contributed by atoms with Crippen LogP contribution in [-0.2, 0) is 0 Å². The second kappa shape index (κ2) is 6.57. The minimum atomic E-state index is 0.621. The summed E-state index contributed by atoms with van der Waals surface area (Å²) >= 11 is 1.90. The third kappa shape index (κ3) is 3.14. The van der Waals surface area contributed by atoms with Crippen LogP contribution >= 0.6 is 11.9 Å². The molecule has 1 saturated heterocycles. The molecule has 0 radical (unpaired) electrons. The minimum Gasteiger partial charge on any atom is -0.315 e. The van der Waals surface area contributed by atoms with Crippen molar-refractivity contribution < 1.29 is 0 Å². The summed E-state index contributed by atoms with van der Waals surface area (Å²) in [6.45, 7) is 5.67. The van der Waals surface area contributed by atoms with E-state index in [1.54, 1.807) is 0 Å². The van der Waals surface area contributed by atoms with Gasteiger partial charge in [-0.2, -0.15) is 0 Å². The van der Waals surface area contributed by atoms with Crippen molar-refractivity contribution >= 4 is 22.7 Å². The molecule has 1 aromatic heterocycles. The van der Waals surface area contributed by atoms with Crippen molar-refractivity contribution in [1.82, 2.24) is 14.6 Å². The van der Waals surface area contributed by atoms with Crippen LogP contribution in [0.4, 0.5) is 0 Å². The summed E-state index contributed by atoms with van der Waals surface area (Å²) in [5.74, 6) is 0. The number of pyridine rings is 1. The highest BCUT2D eigenvalue weighted by Gasteiger charge is 2.20. The maximum Gasteiger partial charge on any atom is 0.0346 e. The number of hydrogen-bond acceptors (Lipinski definition) is 4. The molecule has 1 N–H and O–H groups in total. The van der Waals surface area contributed by atoms with Crippen LogP contribution in [-0.4, -0.2) is 35.0 Å². The quantitative estimate of drug-likeness (QED) is 0.877. The van der Waals surface area contributed by atoms with Gasteiger partial charge in [-0.05, 0) is 54.9 Å². The van der Waals surface area contributed by atoms with Crippen molar-refractivity contribution in [2.24, 2.45) is 0 Å². The number of fused-ring (bicyclic) bond motifs is 1. The van der Waals surface area contributed by atoms with Gasteiger partial charge in [-0.15, -0.1) is 0 Å². The molecule has 0 saturated carbocycles. The lowest BCUT2D eigenvalue weighted by Gasteiger charge is -2.27. The zero-order valence-corrected chi connectivity index (χ0v) is 12.7. The molecule has 0 bridgehead atoms. The second-order valence-electron chi connectivity index (χ2n) is 5.24. The molecule has 1 aliphatic rings. The van der Waals surface area contributed by atoms with Crippen molar-refractivity contribution in [3.63, 3.8) is 0 Å². The average Bonchev–Trinajstić information content (AvgIpc) is 2.72. The van der Waals surface area contributed by atoms with E-state index in [1.165, 1.54) is 28.5 Å². The number of nitrogens with zero attached hydrogens (tertiary/aromatic N) is 2. The number of rotatable bonds is 3. The fourth-order valence-corrected chi connectivity index (χ4v) is 3.81. The molecular formula is C16H21N3S. The molecule has 2 aromatic rings. The molecule has 0 amide bonds. The van der Waals surface area contributed by atoms with E-state index in [0.29, 0.717) is 6.04 Å². The third-order valence-electron chi connectivity index (χ3n) is 3.83. The highest BCUT2D eigenvalue weighted by atomic mass is 32.2. The molecule has 1 atom stereocenters.